The summed E-state index contributed by atoms with van der Waals surface area (Å²) in [6.07, 6.45) is 3.88. The number of Topliss-reactive ketones (excluding diaryl/α,β-unsaturated/α-hetero) is 1. The van der Waals surface area contributed by atoms with Gasteiger partial charge in [-0.3, -0.25) is 4.79 Å². The Balaban J connectivity index is 1.41. The third-order valence-electron chi connectivity index (χ3n) is 6.19. The third-order valence-corrected chi connectivity index (χ3v) is 10.7. The second-order valence-corrected chi connectivity index (χ2v) is 13.9. The lowest BCUT2D eigenvalue weighted by Gasteiger charge is -2.19. The molecule has 4 rings (SSSR count). The average Bonchev–Trinajstić information content (AvgIpc) is 3.19. The normalized spacial score (nSPS) is 15.4. The number of aromatic nitrogens is 1. The van der Waals surface area contributed by atoms with Crippen molar-refractivity contribution in [3.05, 3.63) is 59.5 Å². The minimum Gasteiger partial charge on any atom is -0.354 e. The van der Waals surface area contributed by atoms with Crippen LogP contribution in [0, 0.1) is 0 Å². The molecule has 0 saturated carbocycles. The van der Waals surface area contributed by atoms with Crippen molar-refractivity contribution in [3.8, 4) is 11.3 Å². The van der Waals surface area contributed by atoms with E-state index >= 15 is 0 Å². The number of ketones is 1. The molecule has 1 saturated heterocycles. The minimum atomic E-state index is -3.64. The number of nitrogens with zero attached hydrogens (tertiary/aromatic N) is 3. The van der Waals surface area contributed by atoms with E-state index in [0.717, 1.165) is 35.6 Å². The largest absolute Gasteiger partial charge is 0.354 e. The zero-order valence-corrected chi connectivity index (χ0v) is 23.2. The topological polar surface area (TPSA) is 117 Å². The first kappa shape index (κ1) is 27.4. The molecule has 0 spiro atoms. The summed E-state index contributed by atoms with van der Waals surface area (Å²) < 4.78 is 53.4. The summed E-state index contributed by atoms with van der Waals surface area (Å²) in [6, 6.07) is 12.7. The highest BCUT2D eigenvalue weighted by Gasteiger charge is 2.25. The monoisotopic (exact) mass is 562 g/mol. The molecule has 0 amide bonds. The Morgan fingerprint density at radius 2 is 1.65 bits per heavy atom. The number of rotatable bonds is 9. The van der Waals surface area contributed by atoms with Crippen molar-refractivity contribution in [2.45, 2.75) is 35.5 Å². The molecule has 0 atom stereocenters. The molecule has 0 bridgehead atoms. The summed E-state index contributed by atoms with van der Waals surface area (Å²) in [4.78, 5) is 17.5. The quantitative estimate of drug-likeness (QED) is 0.393. The number of hydrogen-bond acceptors (Lipinski definition) is 8. The van der Waals surface area contributed by atoms with E-state index in [2.05, 4.69) is 10.3 Å². The summed E-state index contributed by atoms with van der Waals surface area (Å²) in [7, 11) is -4.28. The molecule has 1 aromatic heterocycles. The second-order valence-electron chi connectivity index (χ2n) is 8.97. The molecule has 0 aliphatic carbocycles. The highest BCUT2D eigenvalue weighted by molar-refractivity contribution is 7.89. The van der Waals surface area contributed by atoms with E-state index in [-0.39, 0.29) is 27.7 Å². The number of sulfonamides is 2. The van der Waals surface area contributed by atoms with Crippen LogP contribution in [0.5, 0.6) is 0 Å². The van der Waals surface area contributed by atoms with E-state index in [1.807, 2.05) is 5.38 Å². The molecule has 12 heteroatoms. The SMILES string of the molecule is CN(C)S(=O)(=O)c1cccc(C(=O)CNc2nc(-c3ccc(S(=O)(=O)N4CCCCCC4)cc3)cs2)c1. The lowest BCUT2D eigenvalue weighted by Crippen LogP contribution is -2.31. The van der Waals surface area contributed by atoms with Gasteiger partial charge in [0, 0.05) is 43.7 Å². The summed E-state index contributed by atoms with van der Waals surface area (Å²) >= 11 is 1.32. The summed E-state index contributed by atoms with van der Waals surface area (Å²) in [6.45, 7) is 1.06. The summed E-state index contributed by atoms with van der Waals surface area (Å²) in [5.41, 5.74) is 1.72. The summed E-state index contributed by atoms with van der Waals surface area (Å²) in [5.74, 6) is -0.268. The molecular weight excluding hydrogens is 532 g/mol. The van der Waals surface area contributed by atoms with Crippen molar-refractivity contribution in [2.75, 3.05) is 39.0 Å². The van der Waals surface area contributed by atoms with Crippen LogP contribution in [-0.2, 0) is 20.0 Å². The van der Waals surface area contributed by atoms with Gasteiger partial charge in [-0.1, -0.05) is 37.1 Å². The van der Waals surface area contributed by atoms with Gasteiger partial charge in [-0.15, -0.1) is 11.3 Å². The number of carbonyl (C=O) groups is 1. The number of nitrogens with one attached hydrogen (secondary N) is 1. The predicted octanol–water partition coefficient (Wildman–Crippen LogP) is 3.92. The van der Waals surface area contributed by atoms with Crippen molar-refractivity contribution < 1.29 is 21.6 Å². The zero-order valence-electron chi connectivity index (χ0n) is 20.8. The molecule has 3 aromatic rings. The van der Waals surface area contributed by atoms with Gasteiger partial charge in [-0.05, 0) is 37.1 Å². The van der Waals surface area contributed by atoms with Gasteiger partial charge in [0.05, 0.1) is 22.0 Å². The van der Waals surface area contributed by atoms with Crippen molar-refractivity contribution in [1.29, 1.82) is 0 Å². The zero-order chi connectivity index (χ0) is 26.6. The van der Waals surface area contributed by atoms with Gasteiger partial charge in [0.25, 0.3) is 0 Å². The summed E-state index contributed by atoms with van der Waals surface area (Å²) in [5, 5.41) is 5.35. The fourth-order valence-electron chi connectivity index (χ4n) is 4.02. The first-order valence-electron chi connectivity index (χ1n) is 11.9. The van der Waals surface area contributed by atoms with E-state index in [1.165, 1.54) is 37.6 Å². The molecule has 0 radical (unpaired) electrons. The van der Waals surface area contributed by atoms with Crippen LogP contribution in [0.1, 0.15) is 36.0 Å². The molecule has 198 valence electrons. The van der Waals surface area contributed by atoms with E-state index in [1.54, 1.807) is 40.7 Å². The van der Waals surface area contributed by atoms with Gasteiger partial charge < -0.3 is 5.32 Å². The van der Waals surface area contributed by atoms with Gasteiger partial charge in [0.2, 0.25) is 20.0 Å². The number of thiazole rings is 1. The smallest absolute Gasteiger partial charge is 0.243 e. The highest BCUT2D eigenvalue weighted by Crippen LogP contribution is 2.27. The molecule has 0 unspecified atom stereocenters. The van der Waals surface area contributed by atoms with Gasteiger partial charge in [0.1, 0.15) is 0 Å². The van der Waals surface area contributed by atoms with E-state index in [9.17, 15) is 21.6 Å². The fourth-order valence-corrected chi connectivity index (χ4v) is 7.20. The molecular formula is C25H30N4O5S3. The predicted molar refractivity (Wildman–Crippen MR) is 145 cm³/mol. The molecule has 1 aliphatic heterocycles. The van der Waals surface area contributed by atoms with E-state index in [4.69, 9.17) is 0 Å². The Labute approximate surface area is 222 Å². The maximum absolute atomic E-state index is 13.0. The van der Waals surface area contributed by atoms with Crippen LogP contribution in [0.4, 0.5) is 5.13 Å². The van der Waals surface area contributed by atoms with E-state index in [0.29, 0.717) is 23.9 Å². The third kappa shape index (κ3) is 6.27. The maximum atomic E-state index is 13.0. The van der Waals surface area contributed by atoms with E-state index < -0.39 is 20.0 Å². The number of carbonyl (C=O) groups excluding carboxylic acids is 1. The standard InChI is InChI=1S/C25H30N4O5S3/c1-28(2)36(31,32)22-9-7-8-20(16-22)24(30)17-26-25-27-23(18-35-25)19-10-12-21(13-11-19)37(33,34)29-14-5-3-4-6-15-29/h7-13,16,18H,3-6,14-15,17H2,1-2H3,(H,26,27). The molecule has 9 nitrogen and oxygen atoms in total. The van der Waals surface area contributed by atoms with Crippen molar-refractivity contribution in [3.63, 3.8) is 0 Å². The molecule has 37 heavy (non-hydrogen) atoms. The lowest BCUT2D eigenvalue weighted by atomic mass is 10.1. The average molecular weight is 563 g/mol. The number of anilines is 1. The molecule has 1 N–H and O–H groups in total. The number of benzene rings is 2. The van der Waals surface area contributed by atoms with Gasteiger partial charge in [0.15, 0.2) is 10.9 Å². The van der Waals surface area contributed by atoms with Crippen LogP contribution in [-0.4, -0.2) is 69.9 Å². The number of hydrogen-bond donors (Lipinski definition) is 1. The lowest BCUT2D eigenvalue weighted by molar-refractivity contribution is 0.101. The first-order valence-corrected chi connectivity index (χ1v) is 15.7. The van der Waals surface area contributed by atoms with Crippen LogP contribution < -0.4 is 5.32 Å². The van der Waals surface area contributed by atoms with Crippen molar-refractivity contribution in [2.24, 2.45) is 0 Å². The fraction of sp³-hybridized carbons (Fsp3) is 0.360. The van der Waals surface area contributed by atoms with Crippen LogP contribution in [0.2, 0.25) is 0 Å². The van der Waals surface area contributed by atoms with Crippen molar-refractivity contribution >= 4 is 42.3 Å². The Bertz CT molecular complexity index is 1460. The van der Waals surface area contributed by atoms with Crippen LogP contribution in [0.25, 0.3) is 11.3 Å². The van der Waals surface area contributed by atoms with Crippen LogP contribution in [0.15, 0.2) is 63.7 Å². The molecule has 2 heterocycles. The Morgan fingerprint density at radius 1 is 0.973 bits per heavy atom. The Hall–Kier alpha value is -2.64. The molecule has 2 aromatic carbocycles. The maximum Gasteiger partial charge on any atom is 0.243 e. The molecule has 1 aliphatic rings. The van der Waals surface area contributed by atoms with Gasteiger partial charge in [-0.25, -0.2) is 26.1 Å². The first-order chi connectivity index (χ1) is 17.6. The van der Waals surface area contributed by atoms with Crippen molar-refractivity contribution in [1.82, 2.24) is 13.6 Å². The van der Waals surface area contributed by atoms with Gasteiger partial charge in [-0.2, -0.15) is 4.31 Å². The molecule has 1 fully saturated rings. The van der Waals surface area contributed by atoms with Gasteiger partial charge >= 0.3 is 0 Å². The van der Waals surface area contributed by atoms with Crippen LogP contribution in [0.3, 0.4) is 0 Å². The highest BCUT2D eigenvalue weighted by atomic mass is 32.2. The Kier molecular flexibility index (Phi) is 8.44. The van der Waals surface area contributed by atoms with Crippen LogP contribution >= 0.6 is 11.3 Å². The minimum absolute atomic E-state index is 0.0502. The Morgan fingerprint density at radius 3 is 2.30 bits per heavy atom. The second kappa shape index (κ2) is 11.4.